The van der Waals surface area contributed by atoms with E-state index >= 15 is 0 Å². The van der Waals surface area contributed by atoms with Crippen molar-refractivity contribution in [3.05, 3.63) is 40.4 Å². The van der Waals surface area contributed by atoms with Crippen molar-refractivity contribution in [1.82, 2.24) is 4.98 Å². The number of hydrogen-bond acceptors (Lipinski definition) is 6. The first-order chi connectivity index (χ1) is 10.5. The summed E-state index contributed by atoms with van der Waals surface area (Å²) in [4.78, 5) is 28.2. The number of thiazole rings is 1. The van der Waals surface area contributed by atoms with Gasteiger partial charge >= 0.3 is 5.97 Å². The molecule has 0 aliphatic heterocycles. The largest absolute Gasteiger partial charge is 0.496 e. The fourth-order valence-corrected chi connectivity index (χ4v) is 2.82. The predicted molar refractivity (Wildman–Crippen MR) is 83.5 cm³/mol. The summed E-state index contributed by atoms with van der Waals surface area (Å²) in [5.74, 6) is -0.0295. The number of amides is 1. The van der Waals surface area contributed by atoms with Crippen molar-refractivity contribution in [3.63, 3.8) is 0 Å². The molecular formula is C15H16N2O4S. The zero-order chi connectivity index (χ0) is 16.1. The minimum Gasteiger partial charge on any atom is -0.496 e. The van der Waals surface area contributed by atoms with Crippen LogP contribution in [-0.4, -0.2) is 31.1 Å². The molecule has 0 spiro atoms. The highest BCUT2D eigenvalue weighted by molar-refractivity contribution is 7.17. The van der Waals surface area contributed by atoms with Gasteiger partial charge in [-0.1, -0.05) is 29.5 Å². The number of para-hydroxylation sites is 1. The Morgan fingerprint density at radius 1 is 1.27 bits per heavy atom. The lowest BCUT2D eigenvalue weighted by molar-refractivity contribution is -0.115. The molecule has 116 valence electrons. The highest BCUT2D eigenvalue weighted by Crippen LogP contribution is 2.24. The Bertz CT molecular complexity index is 697. The minimum atomic E-state index is -0.458. The number of carbonyl (C=O) groups is 2. The third-order valence-corrected chi connectivity index (χ3v) is 4.01. The average molecular weight is 320 g/mol. The number of anilines is 1. The molecule has 1 N–H and O–H groups in total. The molecule has 0 aliphatic carbocycles. The van der Waals surface area contributed by atoms with Crippen LogP contribution >= 0.6 is 11.3 Å². The van der Waals surface area contributed by atoms with Crippen molar-refractivity contribution >= 4 is 28.3 Å². The summed E-state index contributed by atoms with van der Waals surface area (Å²) >= 11 is 1.09. The summed E-state index contributed by atoms with van der Waals surface area (Å²) in [6.07, 6.45) is 0.163. The molecule has 0 unspecified atom stereocenters. The minimum absolute atomic E-state index is 0.163. The number of nitrogens with one attached hydrogen (secondary N) is 1. The van der Waals surface area contributed by atoms with E-state index in [0.717, 1.165) is 16.9 Å². The molecular weight excluding hydrogens is 304 g/mol. The SMILES string of the molecule is COC(=O)c1sc(NC(=O)Cc2ccccc2OC)nc1C. The smallest absolute Gasteiger partial charge is 0.350 e. The molecule has 1 amide bonds. The van der Waals surface area contributed by atoms with Gasteiger partial charge in [-0.15, -0.1) is 0 Å². The van der Waals surface area contributed by atoms with Crippen LogP contribution < -0.4 is 10.1 Å². The molecule has 0 fully saturated rings. The third kappa shape index (κ3) is 3.62. The molecule has 22 heavy (non-hydrogen) atoms. The Hall–Kier alpha value is -2.41. The van der Waals surface area contributed by atoms with Crippen LogP contribution in [0.2, 0.25) is 0 Å². The van der Waals surface area contributed by atoms with Crippen LogP contribution in [0.5, 0.6) is 5.75 Å². The summed E-state index contributed by atoms with van der Waals surface area (Å²) in [5.41, 5.74) is 1.31. The second kappa shape index (κ2) is 7.04. The number of aryl methyl sites for hydroxylation is 1. The first kappa shape index (κ1) is 16.0. The molecule has 2 rings (SSSR count). The Balaban J connectivity index is 2.08. The van der Waals surface area contributed by atoms with Crippen molar-refractivity contribution in [2.45, 2.75) is 13.3 Å². The molecule has 0 saturated heterocycles. The lowest BCUT2D eigenvalue weighted by Gasteiger charge is -2.07. The van der Waals surface area contributed by atoms with Crippen LogP contribution in [0.15, 0.2) is 24.3 Å². The van der Waals surface area contributed by atoms with Gasteiger partial charge in [0.25, 0.3) is 0 Å². The van der Waals surface area contributed by atoms with E-state index in [1.807, 2.05) is 18.2 Å². The molecule has 0 bridgehead atoms. The van der Waals surface area contributed by atoms with Gasteiger partial charge in [0.1, 0.15) is 10.6 Å². The zero-order valence-electron chi connectivity index (χ0n) is 12.5. The van der Waals surface area contributed by atoms with E-state index in [-0.39, 0.29) is 12.3 Å². The zero-order valence-corrected chi connectivity index (χ0v) is 13.3. The first-order valence-electron chi connectivity index (χ1n) is 6.52. The van der Waals surface area contributed by atoms with E-state index in [0.29, 0.717) is 21.5 Å². The third-order valence-electron chi connectivity index (χ3n) is 2.96. The van der Waals surface area contributed by atoms with Gasteiger partial charge in [0.05, 0.1) is 26.3 Å². The van der Waals surface area contributed by atoms with Gasteiger partial charge in [-0.3, -0.25) is 4.79 Å². The quantitative estimate of drug-likeness (QED) is 0.856. The molecule has 1 aromatic heterocycles. The van der Waals surface area contributed by atoms with Gasteiger partial charge in [-0.05, 0) is 13.0 Å². The predicted octanol–water partition coefficient (Wildman–Crippen LogP) is 2.43. The second-order valence-corrected chi connectivity index (χ2v) is 5.46. The number of aromatic nitrogens is 1. The first-order valence-corrected chi connectivity index (χ1v) is 7.34. The van der Waals surface area contributed by atoms with Crippen LogP contribution in [0.25, 0.3) is 0 Å². The molecule has 1 heterocycles. The van der Waals surface area contributed by atoms with E-state index in [9.17, 15) is 9.59 Å². The molecule has 1 aromatic carbocycles. The van der Waals surface area contributed by atoms with Gasteiger partial charge in [0.2, 0.25) is 5.91 Å². The number of rotatable bonds is 5. The van der Waals surface area contributed by atoms with Crippen LogP contribution in [0.3, 0.4) is 0 Å². The normalized spacial score (nSPS) is 10.1. The average Bonchev–Trinajstić information content (AvgIpc) is 2.87. The Morgan fingerprint density at radius 2 is 2.00 bits per heavy atom. The summed E-state index contributed by atoms with van der Waals surface area (Å²) in [6, 6.07) is 7.30. The topological polar surface area (TPSA) is 77.5 Å². The van der Waals surface area contributed by atoms with Crippen molar-refractivity contribution in [1.29, 1.82) is 0 Å². The molecule has 0 atom stereocenters. The molecule has 6 nitrogen and oxygen atoms in total. The van der Waals surface area contributed by atoms with Gasteiger partial charge in [0, 0.05) is 5.56 Å². The monoisotopic (exact) mass is 320 g/mol. The number of benzene rings is 1. The fraction of sp³-hybridized carbons (Fsp3) is 0.267. The van der Waals surface area contributed by atoms with Crippen molar-refractivity contribution in [2.24, 2.45) is 0 Å². The van der Waals surface area contributed by atoms with Crippen LogP contribution in [0.4, 0.5) is 5.13 Å². The van der Waals surface area contributed by atoms with Gasteiger partial charge in [-0.2, -0.15) is 0 Å². The molecule has 7 heteroatoms. The van der Waals surface area contributed by atoms with E-state index in [2.05, 4.69) is 15.0 Å². The lowest BCUT2D eigenvalue weighted by Crippen LogP contribution is -2.14. The maximum absolute atomic E-state index is 12.1. The molecule has 0 saturated carbocycles. The summed E-state index contributed by atoms with van der Waals surface area (Å²) in [6.45, 7) is 1.69. The maximum atomic E-state index is 12.1. The second-order valence-electron chi connectivity index (χ2n) is 4.46. The molecule has 0 aliphatic rings. The van der Waals surface area contributed by atoms with E-state index in [1.54, 1.807) is 20.1 Å². The maximum Gasteiger partial charge on any atom is 0.350 e. The van der Waals surface area contributed by atoms with Gasteiger partial charge in [0.15, 0.2) is 5.13 Å². The van der Waals surface area contributed by atoms with Crippen LogP contribution in [0, 0.1) is 6.92 Å². The highest BCUT2D eigenvalue weighted by Gasteiger charge is 2.17. The standard InChI is InChI=1S/C15H16N2O4S/c1-9-13(14(19)21-3)22-15(16-9)17-12(18)8-10-6-4-5-7-11(10)20-2/h4-7H,8H2,1-3H3,(H,16,17,18). The number of esters is 1. The Morgan fingerprint density at radius 3 is 2.68 bits per heavy atom. The Labute approximate surface area is 132 Å². The number of hydrogen-bond donors (Lipinski definition) is 1. The lowest BCUT2D eigenvalue weighted by atomic mass is 10.1. The van der Waals surface area contributed by atoms with Gasteiger partial charge in [-0.25, -0.2) is 9.78 Å². The van der Waals surface area contributed by atoms with E-state index in [1.165, 1.54) is 7.11 Å². The highest BCUT2D eigenvalue weighted by atomic mass is 32.1. The number of ether oxygens (including phenoxy) is 2. The number of nitrogens with zero attached hydrogens (tertiary/aromatic N) is 1. The van der Waals surface area contributed by atoms with E-state index in [4.69, 9.17) is 4.74 Å². The van der Waals surface area contributed by atoms with Crippen LogP contribution in [-0.2, 0) is 16.0 Å². The summed E-state index contributed by atoms with van der Waals surface area (Å²) in [5, 5.41) is 3.06. The molecule has 0 radical (unpaired) electrons. The van der Waals surface area contributed by atoms with Crippen molar-refractivity contribution in [3.8, 4) is 5.75 Å². The van der Waals surface area contributed by atoms with E-state index < -0.39 is 5.97 Å². The van der Waals surface area contributed by atoms with Crippen LogP contribution in [0.1, 0.15) is 20.9 Å². The van der Waals surface area contributed by atoms with Crippen molar-refractivity contribution < 1.29 is 19.1 Å². The Kier molecular flexibility index (Phi) is 5.11. The fourth-order valence-electron chi connectivity index (χ4n) is 1.92. The summed E-state index contributed by atoms with van der Waals surface area (Å²) in [7, 11) is 2.87. The molecule has 2 aromatic rings. The number of carbonyl (C=O) groups excluding carboxylic acids is 2. The summed E-state index contributed by atoms with van der Waals surface area (Å²) < 4.78 is 9.88. The van der Waals surface area contributed by atoms with Crippen molar-refractivity contribution in [2.75, 3.05) is 19.5 Å². The number of methoxy groups -OCH3 is 2. The van der Waals surface area contributed by atoms with Gasteiger partial charge < -0.3 is 14.8 Å².